The van der Waals surface area contributed by atoms with Gasteiger partial charge in [0.2, 0.25) is 0 Å². The predicted octanol–water partition coefficient (Wildman–Crippen LogP) is -0.884. The lowest BCUT2D eigenvalue weighted by molar-refractivity contribution is -0.322. The number of hydrogen-bond acceptors (Lipinski definition) is 10. The molecule has 0 aromatic heterocycles. The molecule has 1 heterocycles. The quantitative estimate of drug-likeness (QED) is 0.453. The zero-order valence-electron chi connectivity index (χ0n) is 14.9. The molecule has 0 radical (unpaired) electrons. The van der Waals surface area contributed by atoms with Crippen LogP contribution in [-0.4, -0.2) is 76.5 Å². The summed E-state index contributed by atoms with van der Waals surface area (Å²) in [6.07, 6.45) is -5.12. The van der Waals surface area contributed by atoms with Gasteiger partial charge in [-0.2, -0.15) is 0 Å². The molecule has 0 aromatic rings. The van der Waals surface area contributed by atoms with E-state index >= 15 is 0 Å². The molecule has 1 fully saturated rings. The average Bonchev–Trinajstić information content (AvgIpc) is 2.46. The van der Waals surface area contributed by atoms with Gasteiger partial charge < -0.3 is 29.3 Å². The Morgan fingerprint density at radius 1 is 1.04 bits per heavy atom. The van der Waals surface area contributed by atoms with Crippen LogP contribution in [0.1, 0.15) is 34.6 Å². The summed E-state index contributed by atoms with van der Waals surface area (Å²) in [5, 5.41) is 20.9. The summed E-state index contributed by atoms with van der Waals surface area (Å²) < 4.78 is 15.7. The minimum atomic E-state index is -1.57. The lowest BCUT2D eigenvalue weighted by atomic mass is 9.95. The van der Waals surface area contributed by atoms with Gasteiger partial charge in [-0.1, -0.05) is 0 Å². The van der Waals surface area contributed by atoms with Crippen LogP contribution in [0.2, 0.25) is 0 Å². The Kier molecular flexibility index (Phi) is 7.74. The maximum absolute atomic E-state index is 11.5. The number of aliphatic hydroxyl groups is 2. The maximum atomic E-state index is 11.5. The van der Waals surface area contributed by atoms with Crippen molar-refractivity contribution in [3.8, 4) is 0 Å². The normalized spacial score (nSPS) is 29.4. The Hall–Kier alpha value is -1.75. The third-order valence-corrected chi connectivity index (χ3v) is 3.45. The Bertz CT molecular complexity index is 495. The second kappa shape index (κ2) is 9.09. The van der Waals surface area contributed by atoms with Gasteiger partial charge in [-0.05, 0) is 13.8 Å². The van der Waals surface area contributed by atoms with Crippen LogP contribution >= 0.6 is 0 Å². The summed E-state index contributed by atoms with van der Waals surface area (Å²) in [7, 11) is 0. The van der Waals surface area contributed by atoms with Gasteiger partial charge in [-0.15, -0.1) is 5.06 Å². The van der Waals surface area contributed by atoms with E-state index in [1.54, 1.807) is 13.8 Å². The topological polar surface area (TPSA) is 132 Å². The van der Waals surface area contributed by atoms with Crippen molar-refractivity contribution in [3.05, 3.63) is 0 Å². The van der Waals surface area contributed by atoms with Crippen LogP contribution in [0.25, 0.3) is 0 Å². The fourth-order valence-electron chi connectivity index (χ4n) is 2.64. The van der Waals surface area contributed by atoms with Crippen molar-refractivity contribution >= 4 is 17.9 Å². The molecule has 1 aliphatic rings. The maximum Gasteiger partial charge on any atom is 0.322 e. The molecule has 1 aliphatic heterocycles. The van der Waals surface area contributed by atoms with Crippen molar-refractivity contribution in [2.24, 2.45) is 0 Å². The van der Waals surface area contributed by atoms with E-state index in [4.69, 9.17) is 19.0 Å². The first-order valence-corrected chi connectivity index (χ1v) is 7.84. The molecule has 25 heavy (non-hydrogen) atoms. The molecule has 0 aliphatic carbocycles. The standard InChI is InChI=1S/C15H25NO9/c1-7(2)16(25-10(5)20)12-14(23-9(4)19)13(22-8(3)18)11(6-17)24-15(12)21/h7,11-15,17,21H,6H2,1-5H3. The molecule has 0 amide bonds. The largest absolute Gasteiger partial charge is 0.456 e. The van der Waals surface area contributed by atoms with Gasteiger partial charge in [0.1, 0.15) is 12.1 Å². The number of carbonyl (C=O) groups is 3. The lowest BCUT2D eigenvalue weighted by Gasteiger charge is -2.47. The zero-order valence-corrected chi connectivity index (χ0v) is 14.9. The molecule has 0 aromatic carbocycles. The molecule has 0 spiro atoms. The number of aliphatic hydroxyl groups excluding tert-OH is 2. The van der Waals surface area contributed by atoms with E-state index in [0.29, 0.717) is 0 Å². The van der Waals surface area contributed by atoms with Crippen molar-refractivity contribution in [1.82, 2.24) is 5.06 Å². The number of esters is 2. The summed E-state index contributed by atoms with van der Waals surface area (Å²) in [4.78, 5) is 39.5. The minimum absolute atomic E-state index is 0.422. The van der Waals surface area contributed by atoms with Crippen LogP contribution in [0, 0.1) is 0 Å². The smallest absolute Gasteiger partial charge is 0.322 e. The second-order valence-electron chi connectivity index (χ2n) is 5.92. The van der Waals surface area contributed by atoms with E-state index in [2.05, 4.69) is 0 Å². The first-order valence-electron chi connectivity index (χ1n) is 7.84. The predicted molar refractivity (Wildman–Crippen MR) is 81.6 cm³/mol. The van der Waals surface area contributed by atoms with Gasteiger partial charge >= 0.3 is 17.9 Å². The number of hydroxylamine groups is 2. The highest BCUT2D eigenvalue weighted by molar-refractivity contribution is 5.67. The van der Waals surface area contributed by atoms with Crippen molar-refractivity contribution < 1.29 is 43.6 Å². The summed E-state index contributed by atoms with van der Waals surface area (Å²) >= 11 is 0. The Balaban J connectivity index is 3.30. The monoisotopic (exact) mass is 363 g/mol. The molecule has 0 saturated carbocycles. The molecular formula is C15H25NO9. The van der Waals surface area contributed by atoms with Crippen LogP contribution in [0.15, 0.2) is 0 Å². The third kappa shape index (κ3) is 5.63. The molecule has 10 nitrogen and oxygen atoms in total. The number of rotatable bonds is 6. The average molecular weight is 363 g/mol. The molecule has 10 heteroatoms. The molecule has 2 N–H and O–H groups in total. The molecule has 5 unspecified atom stereocenters. The van der Waals surface area contributed by atoms with Gasteiger partial charge in [0.05, 0.1) is 6.61 Å². The lowest BCUT2D eigenvalue weighted by Crippen LogP contribution is -2.67. The molecule has 144 valence electrons. The van der Waals surface area contributed by atoms with Crippen LogP contribution < -0.4 is 0 Å². The molecule has 0 bridgehead atoms. The summed E-state index contributed by atoms with van der Waals surface area (Å²) in [6, 6.07) is -1.59. The fraction of sp³-hybridized carbons (Fsp3) is 0.800. The number of nitrogens with zero attached hydrogens (tertiary/aromatic N) is 1. The zero-order chi connectivity index (χ0) is 19.3. The molecule has 1 rings (SSSR count). The highest BCUT2D eigenvalue weighted by Gasteiger charge is 2.53. The van der Waals surface area contributed by atoms with Crippen molar-refractivity contribution in [1.29, 1.82) is 0 Å². The van der Waals surface area contributed by atoms with E-state index in [0.717, 1.165) is 18.9 Å². The Morgan fingerprint density at radius 2 is 1.56 bits per heavy atom. The van der Waals surface area contributed by atoms with Gasteiger partial charge in [-0.25, -0.2) is 0 Å². The van der Waals surface area contributed by atoms with Crippen LogP contribution in [-0.2, 0) is 33.4 Å². The van der Waals surface area contributed by atoms with Crippen molar-refractivity contribution in [2.45, 2.75) is 71.3 Å². The Labute approximate surface area is 145 Å². The van der Waals surface area contributed by atoms with Crippen molar-refractivity contribution in [2.75, 3.05) is 6.61 Å². The van der Waals surface area contributed by atoms with Crippen molar-refractivity contribution in [3.63, 3.8) is 0 Å². The minimum Gasteiger partial charge on any atom is -0.456 e. The number of carbonyl (C=O) groups excluding carboxylic acids is 3. The molecule has 1 saturated heterocycles. The van der Waals surface area contributed by atoms with E-state index in [1.807, 2.05) is 0 Å². The highest BCUT2D eigenvalue weighted by Crippen LogP contribution is 2.30. The first kappa shape index (κ1) is 21.3. The highest BCUT2D eigenvalue weighted by atomic mass is 16.7. The van der Waals surface area contributed by atoms with Gasteiger partial charge in [0.25, 0.3) is 0 Å². The van der Waals surface area contributed by atoms with Gasteiger partial charge in [0.15, 0.2) is 18.5 Å². The number of hydrogen-bond donors (Lipinski definition) is 2. The summed E-state index contributed by atoms with van der Waals surface area (Å²) in [5.74, 6) is -2.05. The van der Waals surface area contributed by atoms with E-state index in [-0.39, 0.29) is 0 Å². The number of ether oxygens (including phenoxy) is 3. The van der Waals surface area contributed by atoms with Crippen LogP contribution in [0.4, 0.5) is 0 Å². The van der Waals surface area contributed by atoms with Gasteiger partial charge in [-0.3, -0.25) is 14.4 Å². The summed E-state index contributed by atoms with van der Waals surface area (Å²) in [6.45, 7) is 6.23. The molecule has 5 atom stereocenters. The summed E-state index contributed by atoms with van der Waals surface area (Å²) in [5.41, 5.74) is 0. The third-order valence-electron chi connectivity index (χ3n) is 3.45. The van der Waals surface area contributed by atoms with E-state index in [1.165, 1.54) is 6.92 Å². The van der Waals surface area contributed by atoms with E-state index in [9.17, 15) is 24.6 Å². The first-order chi connectivity index (χ1) is 11.6. The second-order valence-corrected chi connectivity index (χ2v) is 5.92. The van der Waals surface area contributed by atoms with Crippen LogP contribution in [0.3, 0.4) is 0 Å². The van der Waals surface area contributed by atoms with Gasteiger partial charge in [0, 0.05) is 26.8 Å². The van der Waals surface area contributed by atoms with E-state index < -0.39 is 61.2 Å². The molecular weight excluding hydrogens is 338 g/mol. The van der Waals surface area contributed by atoms with Crippen LogP contribution in [0.5, 0.6) is 0 Å². The Morgan fingerprint density at radius 3 is 1.96 bits per heavy atom. The SMILES string of the molecule is CC(=O)OC1C(CO)OC(O)C(N(OC(C)=O)C(C)C)C1OC(C)=O. The fourth-order valence-corrected chi connectivity index (χ4v) is 2.64.